The van der Waals surface area contributed by atoms with Gasteiger partial charge in [0, 0.05) is 0 Å². The lowest BCUT2D eigenvalue weighted by Crippen LogP contribution is -2.18. The third kappa shape index (κ3) is 18.0. The van der Waals surface area contributed by atoms with Crippen LogP contribution in [0.1, 0.15) is 34.6 Å². The van der Waals surface area contributed by atoms with Gasteiger partial charge in [0.2, 0.25) is 0 Å². The fourth-order valence-electron chi connectivity index (χ4n) is 0.433. The van der Waals surface area contributed by atoms with Crippen molar-refractivity contribution in [2.75, 3.05) is 13.1 Å². The molecule has 0 aliphatic heterocycles. The Bertz CT molecular complexity index is 33.5. The fraction of sp³-hybridized carbons (Fsp3) is 1.00. The third-order valence-electron chi connectivity index (χ3n) is 0.803. The molecule has 0 amide bonds. The summed E-state index contributed by atoms with van der Waals surface area (Å²) in [5.74, 6) is 0.792. The highest BCUT2D eigenvalue weighted by Gasteiger charge is 1.86. The predicted molar refractivity (Wildman–Crippen MR) is 44.7 cm³/mol. The van der Waals surface area contributed by atoms with E-state index in [-0.39, 0.29) is 0 Å². The van der Waals surface area contributed by atoms with Gasteiger partial charge in [-0.25, -0.2) is 0 Å². The summed E-state index contributed by atoms with van der Waals surface area (Å²) in [7, 11) is 0. The van der Waals surface area contributed by atoms with Crippen molar-refractivity contribution in [1.82, 2.24) is 5.32 Å². The Morgan fingerprint density at radius 2 is 1.67 bits per heavy atom. The minimum Gasteiger partial charge on any atom is -0.317 e. The summed E-state index contributed by atoms with van der Waals surface area (Å²) >= 11 is 0. The molecule has 9 heavy (non-hydrogen) atoms. The van der Waals surface area contributed by atoms with Crippen LogP contribution in [0, 0.1) is 5.92 Å². The van der Waals surface area contributed by atoms with Crippen LogP contribution in [0.3, 0.4) is 0 Å². The normalized spacial score (nSPS) is 8.67. The van der Waals surface area contributed by atoms with Crippen LogP contribution in [0.15, 0.2) is 0 Å². The van der Waals surface area contributed by atoms with Gasteiger partial charge in [-0.2, -0.15) is 0 Å². The van der Waals surface area contributed by atoms with E-state index in [0.717, 1.165) is 19.0 Å². The van der Waals surface area contributed by atoms with Gasteiger partial charge in [-0.15, -0.1) is 0 Å². The zero-order valence-corrected chi connectivity index (χ0v) is 7.49. The van der Waals surface area contributed by atoms with Crippen LogP contribution >= 0.6 is 0 Å². The number of rotatable bonds is 3. The van der Waals surface area contributed by atoms with Crippen LogP contribution in [0.2, 0.25) is 0 Å². The zero-order chi connectivity index (χ0) is 7.70. The quantitative estimate of drug-likeness (QED) is 0.619. The number of nitrogens with one attached hydrogen (secondary N) is 1. The van der Waals surface area contributed by atoms with Crippen molar-refractivity contribution < 1.29 is 0 Å². The molecule has 0 heterocycles. The maximum atomic E-state index is 3.25. The first kappa shape index (κ1) is 11.7. The molecule has 0 unspecified atom stereocenters. The van der Waals surface area contributed by atoms with Crippen molar-refractivity contribution >= 4 is 0 Å². The van der Waals surface area contributed by atoms with Gasteiger partial charge in [0.15, 0.2) is 0 Å². The van der Waals surface area contributed by atoms with Gasteiger partial charge >= 0.3 is 0 Å². The summed E-state index contributed by atoms with van der Waals surface area (Å²) in [5.41, 5.74) is 0. The Morgan fingerprint density at radius 1 is 1.22 bits per heavy atom. The summed E-state index contributed by atoms with van der Waals surface area (Å²) in [5, 5.41) is 3.25. The number of hydrogen-bond donors (Lipinski definition) is 1. The van der Waals surface area contributed by atoms with E-state index in [1.54, 1.807) is 0 Å². The molecule has 0 aliphatic rings. The van der Waals surface area contributed by atoms with Crippen LogP contribution in [0.25, 0.3) is 0 Å². The first-order valence-corrected chi connectivity index (χ1v) is 3.98. The highest BCUT2D eigenvalue weighted by atomic mass is 14.8. The minimum atomic E-state index is 0.792. The van der Waals surface area contributed by atoms with E-state index in [1.807, 2.05) is 13.8 Å². The molecule has 58 valence electrons. The van der Waals surface area contributed by atoms with E-state index < -0.39 is 0 Å². The molecule has 0 saturated carbocycles. The summed E-state index contributed by atoms with van der Waals surface area (Å²) in [4.78, 5) is 0. The summed E-state index contributed by atoms with van der Waals surface area (Å²) in [6.45, 7) is 12.8. The molecule has 0 atom stereocenters. The van der Waals surface area contributed by atoms with Gasteiger partial charge in [-0.05, 0) is 19.0 Å². The van der Waals surface area contributed by atoms with E-state index in [0.29, 0.717) is 0 Å². The molecular weight excluding hydrogens is 110 g/mol. The lowest BCUT2D eigenvalue weighted by molar-refractivity contribution is 0.566. The summed E-state index contributed by atoms with van der Waals surface area (Å²) in [6, 6.07) is 0. The molecule has 1 nitrogen and oxygen atoms in total. The van der Waals surface area contributed by atoms with E-state index in [1.165, 1.54) is 0 Å². The zero-order valence-electron chi connectivity index (χ0n) is 7.49. The molecule has 0 spiro atoms. The molecule has 1 N–H and O–H groups in total. The maximum absolute atomic E-state index is 3.25. The van der Waals surface area contributed by atoms with Gasteiger partial charge in [-0.1, -0.05) is 34.6 Å². The molecule has 0 fully saturated rings. The monoisotopic (exact) mass is 131 g/mol. The molecule has 0 aromatic heterocycles. The average Bonchev–Trinajstić information content (AvgIpc) is 1.88. The van der Waals surface area contributed by atoms with Crippen LogP contribution < -0.4 is 5.32 Å². The van der Waals surface area contributed by atoms with Crippen LogP contribution in [0.5, 0.6) is 0 Å². The third-order valence-corrected chi connectivity index (χ3v) is 0.803. The molecule has 0 aromatic carbocycles. The van der Waals surface area contributed by atoms with E-state index in [2.05, 4.69) is 26.1 Å². The highest BCUT2D eigenvalue weighted by Crippen LogP contribution is 1.84. The van der Waals surface area contributed by atoms with E-state index in [4.69, 9.17) is 0 Å². The highest BCUT2D eigenvalue weighted by molar-refractivity contribution is 4.46. The van der Waals surface area contributed by atoms with Crippen molar-refractivity contribution in [2.45, 2.75) is 34.6 Å². The molecular formula is C8H21N. The molecule has 1 heteroatoms. The Kier molecular flexibility index (Phi) is 14.1. The van der Waals surface area contributed by atoms with Gasteiger partial charge in [-0.3, -0.25) is 0 Å². The Labute approximate surface area is 59.8 Å². The van der Waals surface area contributed by atoms with E-state index in [9.17, 15) is 0 Å². The fourth-order valence-corrected chi connectivity index (χ4v) is 0.433. The van der Waals surface area contributed by atoms with Crippen molar-refractivity contribution in [3.8, 4) is 0 Å². The van der Waals surface area contributed by atoms with Crippen molar-refractivity contribution in [3.63, 3.8) is 0 Å². The molecule has 0 aliphatic carbocycles. The standard InChI is InChI=1S/C6H15N.C2H6/c1-4-7-5-6(2)3;1-2/h6-7H,4-5H2,1-3H3;1-2H3. The van der Waals surface area contributed by atoms with Gasteiger partial charge in [0.05, 0.1) is 0 Å². The van der Waals surface area contributed by atoms with E-state index >= 15 is 0 Å². The summed E-state index contributed by atoms with van der Waals surface area (Å²) in [6.07, 6.45) is 0. The SMILES string of the molecule is CC.CCNCC(C)C. The second-order valence-electron chi connectivity index (χ2n) is 2.20. The lowest BCUT2D eigenvalue weighted by Gasteiger charge is -2.01. The summed E-state index contributed by atoms with van der Waals surface area (Å²) < 4.78 is 0. The second kappa shape index (κ2) is 10.9. The molecule has 0 saturated heterocycles. The van der Waals surface area contributed by atoms with Crippen molar-refractivity contribution in [2.24, 2.45) is 5.92 Å². The molecule has 0 radical (unpaired) electrons. The predicted octanol–water partition coefficient (Wildman–Crippen LogP) is 2.28. The van der Waals surface area contributed by atoms with Gasteiger partial charge in [0.1, 0.15) is 0 Å². The minimum absolute atomic E-state index is 0.792. The topological polar surface area (TPSA) is 12.0 Å². The average molecular weight is 131 g/mol. The maximum Gasteiger partial charge on any atom is -0.00259 e. The first-order valence-electron chi connectivity index (χ1n) is 3.98. The molecule has 0 bridgehead atoms. The Hall–Kier alpha value is -0.0400. The molecule has 0 aromatic rings. The smallest absolute Gasteiger partial charge is 0.00259 e. The largest absolute Gasteiger partial charge is 0.317 e. The van der Waals surface area contributed by atoms with Crippen molar-refractivity contribution in [3.05, 3.63) is 0 Å². The van der Waals surface area contributed by atoms with Crippen LogP contribution in [0.4, 0.5) is 0 Å². The van der Waals surface area contributed by atoms with Crippen molar-refractivity contribution in [1.29, 1.82) is 0 Å². The first-order chi connectivity index (χ1) is 4.27. The lowest BCUT2D eigenvalue weighted by atomic mass is 10.2. The molecule has 0 rings (SSSR count). The Morgan fingerprint density at radius 3 is 1.78 bits per heavy atom. The van der Waals surface area contributed by atoms with Gasteiger partial charge < -0.3 is 5.32 Å². The van der Waals surface area contributed by atoms with Crippen LogP contribution in [-0.2, 0) is 0 Å². The van der Waals surface area contributed by atoms with Crippen LogP contribution in [-0.4, -0.2) is 13.1 Å². The number of hydrogen-bond acceptors (Lipinski definition) is 1. The van der Waals surface area contributed by atoms with Gasteiger partial charge in [0.25, 0.3) is 0 Å². The Balaban J connectivity index is 0. The second-order valence-corrected chi connectivity index (χ2v) is 2.20.